The van der Waals surface area contributed by atoms with Gasteiger partial charge in [0, 0.05) is 6.61 Å². The van der Waals surface area contributed by atoms with Crippen LogP contribution in [-0.2, 0) is 0 Å². The molecule has 13 atom stereocenters. The third-order valence-electron chi connectivity index (χ3n) is 11.3. The first-order valence-corrected chi connectivity index (χ1v) is 13.2. The summed E-state index contributed by atoms with van der Waals surface area (Å²) in [4.78, 5) is 0. The third-order valence-corrected chi connectivity index (χ3v) is 11.3. The lowest BCUT2D eigenvalue weighted by Gasteiger charge is -2.65. The second-order valence-electron chi connectivity index (χ2n) is 12.7. The summed E-state index contributed by atoms with van der Waals surface area (Å²) < 4.78 is 0. The fraction of sp³-hybridized carbons (Fsp3) is 1.00. The molecular formula is C27H48O4. The Labute approximate surface area is 189 Å². The Morgan fingerprint density at radius 2 is 1.65 bits per heavy atom. The fourth-order valence-corrected chi connectivity index (χ4v) is 9.76. The molecule has 4 rings (SSSR count). The Morgan fingerprint density at radius 3 is 2.29 bits per heavy atom. The minimum atomic E-state index is -0.326. The summed E-state index contributed by atoms with van der Waals surface area (Å²) in [7, 11) is 0. The Bertz CT molecular complexity index is 639. The van der Waals surface area contributed by atoms with Crippen molar-refractivity contribution in [3.8, 4) is 0 Å². The molecule has 4 nitrogen and oxygen atoms in total. The highest BCUT2D eigenvalue weighted by molar-refractivity contribution is 5.15. The average molecular weight is 437 g/mol. The second kappa shape index (κ2) is 8.56. The highest BCUT2D eigenvalue weighted by Crippen LogP contribution is 2.69. The van der Waals surface area contributed by atoms with Gasteiger partial charge in [0.05, 0.1) is 18.3 Å². The molecule has 0 radical (unpaired) electrons. The van der Waals surface area contributed by atoms with Crippen molar-refractivity contribution in [2.24, 2.45) is 58.2 Å². The summed E-state index contributed by atoms with van der Waals surface area (Å²) in [6.07, 6.45) is 6.82. The molecule has 0 aromatic heterocycles. The summed E-state index contributed by atoms with van der Waals surface area (Å²) in [6.45, 7) is 11.6. The third kappa shape index (κ3) is 3.54. The number of aliphatic hydroxyl groups excluding tert-OH is 4. The summed E-state index contributed by atoms with van der Waals surface area (Å²) in [5, 5.41) is 43.5. The van der Waals surface area contributed by atoms with E-state index in [1.54, 1.807) is 0 Å². The average Bonchev–Trinajstić information content (AvgIpc) is 3.09. The zero-order valence-corrected chi connectivity index (χ0v) is 20.5. The van der Waals surface area contributed by atoms with Gasteiger partial charge in [0.25, 0.3) is 0 Å². The maximum absolute atomic E-state index is 11.8. The van der Waals surface area contributed by atoms with Crippen LogP contribution in [0.5, 0.6) is 0 Å². The number of hydrogen-bond donors (Lipinski definition) is 4. The van der Waals surface area contributed by atoms with Crippen LogP contribution in [0.3, 0.4) is 0 Å². The minimum absolute atomic E-state index is 0.112. The van der Waals surface area contributed by atoms with E-state index in [-0.39, 0.29) is 47.6 Å². The van der Waals surface area contributed by atoms with Crippen LogP contribution in [0.15, 0.2) is 0 Å². The molecule has 4 N–H and O–H groups in total. The Morgan fingerprint density at radius 1 is 0.935 bits per heavy atom. The molecule has 0 heterocycles. The van der Waals surface area contributed by atoms with E-state index in [4.69, 9.17) is 0 Å². The molecule has 0 aromatic carbocycles. The fourth-order valence-electron chi connectivity index (χ4n) is 9.76. The molecule has 0 spiro atoms. The molecule has 0 aromatic rings. The van der Waals surface area contributed by atoms with E-state index in [9.17, 15) is 20.4 Å². The van der Waals surface area contributed by atoms with Crippen molar-refractivity contribution < 1.29 is 20.4 Å². The Kier molecular flexibility index (Phi) is 6.62. The first kappa shape index (κ1) is 24.0. The van der Waals surface area contributed by atoms with Crippen LogP contribution in [0.4, 0.5) is 0 Å². The van der Waals surface area contributed by atoms with Crippen LogP contribution in [0.2, 0.25) is 0 Å². The molecule has 4 saturated carbocycles. The molecule has 180 valence electrons. The van der Waals surface area contributed by atoms with Gasteiger partial charge >= 0.3 is 0 Å². The van der Waals surface area contributed by atoms with E-state index in [2.05, 4.69) is 34.6 Å². The largest absolute Gasteiger partial charge is 0.396 e. The maximum atomic E-state index is 11.8. The van der Waals surface area contributed by atoms with Crippen LogP contribution in [0.25, 0.3) is 0 Å². The topological polar surface area (TPSA) is 80.9 Å². The molecule has 4 fully saturated rings. The van der Waals surface area contributed by atoms with Crippen molar-refractivity contribution in [3.05, 3.63) is 0 Å². The quantitative estimate of drug-likeness (QED) is 0.520. The maximum Gasteiger partial charge on any atom is 0.0605 e. The number of hydrogen-bond acceptors (Lipinski definition) is 4. The molecule has 4 aliphatic rings. The van der Waals surface area contributed by atoms with Gasteiger partial charge in [-0.1, -0.05) is 41.0 Å². The highest BCUT2D eigenvalue weighted by Gasteiger charge is 2.67. The van der Waals surface area contributed by atoms with Gasteiger partial charge in [-0.05, 0) is 103 Å². The number of aliphatic hydroxyl groups is 4. The molecule has 0 aliphatic heterocycles. The second-order valence-corrected chi connectivity index (χ2v) is 12.7. The van der Waals surface area contributed by atoms with Crippen LogP contribution in [0, 0.1) is 58.2 Å². The van der Waals surface area contributed by atoms with Crippen molar-refractivity contribution in [1.82, 2.24) is 0 Å². The smallest absolute Gasteiger partial charge is 0.0605 e. The van der Waals surface area contributed by atoms with Crippen LogP contribution in [-0.4, -0.2) is 45.3 Å². The van der Waals surface area contributed by atoms with Gasteiger partial charge < -0.3 is 20.4 Å². The summed E-state index contributed by atoms with van der Waals surface area (Å²) in [6, 6.07) is 0. The van der Waals surface area contributed by atoms with E-state index < -0.39 is 0 Å². The van der Waals surface area contributed by atoms with Gasteiger partial charge in [0.2, 0.25) is 0 Å². The highest BCUT2D eigenvalue weighted by atomic mass is 16.3. The van der Waals surface area contributed by atoms with Gasteiger partial charge in [-0.15, -0.1) is 0 Å². The number of rotatable bonds is 5. The molecule has 3 unspecified atom stereocenters. The summed E-state index contributed by atoms with van der Waals surface area (Å²) >= 11 is 0. The standard InChI is InChI=1S/C27H48O4/c1-6-18-21-12-17(29)9-10-26(21,4)22-13-23(30)27(5)19(16(3)11-15(2)14-28)7-8-20(27)24(22)25(18)31/h15-25,28-31H,6-14H2,1-5H3/t15-,16+,17+,18+,19+,20?,21-,22?,23-,24?,25+,26-,27+/m0/s1. The lowest BCUT2D eigenvalue weighted by atomic mass is 9.41. The van der Waals surface area contributed by atoms with E-state index in [0.717, 1.165) is 51.4 Å². The predicted octanol–water partition coefficient (Wildman–Crippen LogP) is 4.24. The van der Waals surface area contributed by atoms with Gasteiger partial charge in [-0.2, -0.15) is 0 Å². The van der Waals surface area contributed by atoms with Gasteiger partial charge in [0.15, 0.2) is 0 Å². The van der Waals surface area contributed by atoms with Crippen LogP contribution in [0.1, 0.15) is 86.0 Å². The van der Waals surface area contributed by atoms with Gasteiger partial charge in [-0.3, -0.25) is 0 Å². The molecule has 0 amide bonds. The summed E-state index contributed by atoms with van der Waals surface area (Å²) in [5.74, 6) is 2.81. The van der Waals surface area contributed by atoms with Crippen LogP contribution >= 0.6 is 0 Å². The molecule has 0 bridgehead atoms. The SMILES string of the molecule is CC[C@H]1[C@@H](O)C2C3CC[C@H]([C@H](C)C[C@H](C)CO)[C@@]3(C)[C@@H](O)CC2[C@@]2(C)CC[C@@H](O)C[C@@H]12. The van der Waals surface area contributed by atoms with Gasteiger partial charge in [0.1, 0.15) is 0 Å². The van der Waals surface area contributed by atoms with Gasteiger partial charge in [-0.25, -0.2) is 0 Å². The molecule has 4 aliphatic carbocycles. The lowest BCUT2D eigenvalue weighted by Crippen LogP contribution is -2.65. The zero-order chi connectivity index (χ0) is 22.7. The molecule has 4 heteroatoms. The van der Waals surface area contributed by atoms with Crippen LogP contribution < -0.4 is 0 Å². The normalized spacial score (nSPS) is 53.9. The van der Waals surface area contributed by atoms with E-state index in [1.165, 1.54) is 0 Å². The Balaban J connectivity index is 1.67. The Hall–Kier alpha value is -0.160. The molecular weight excluding hydrogens is 388 g/mol. The lowest BCUT2D eigenvalue weighted by molar-refractivity contribution is -0.228. The predicted molar refractivity (Wildman–Crippen MR) is 123 cm³/mol. The minimum Gasteiger partial charge on any atom is -0.396 e. The van der Waals surface area contributed by atoms with E-state index in [1.807, 2.05) is 0 Å². The monoisotopic (exact) mass is 436 g/mol. The van der Waals surface area contributed by atoms with Crippen molar-refractivity contribution in [2.45, 2.75) is 104 Å². The van der Waals surface area contributed by atoms with Crippen molar-refractivity contribution >= 4 is 0 Å². The zero-order valence-electron chi connectivity index (χ0n) is 20.5. The van der Waals surface area contributed by atoms with Crippen molar-refractivity contribution in [3.63, 3.8) is 0 Å². The summed E-state index contributed by atoms with van der Waals surface area (Å²) in [5.41, 5.74) is -0.0341. The molecule has 0 saturated heterocycles. The van der Waals surface area contributed by atoms with Crippen molar-refractivity contribution in [1.29, 1.82) is 0 Å². The first-order chi connectivity index (χ1) is 14.6. The molecule has 31 heavy (non-hydrogen) atoms. The van der Waals surface area contributed by atoms with E-state index >= 15 is 0 Å². The first-order valence-electron chi connectivity index (χ1n) is 13.2. The number of fused-ring (bicyclic) bond motifs is 5. The van der Waals surface area contributed by atoms with E-state index in [0.29, 0.717) is 35.5 Å². The van der Waals surface area contributed by atoms with Crippen molar-refractivity contribution in [2.75, 3.05) is 6.61 Å².